The van der Waals surface area contributed by atoms with Crippen molar-refractivity contribution >= 4 is 23.6 Å². The molecule has 0 saturated carbocycles. The van der Waals surface area contributed by atoms with Crippen molar-refractivity contribution in [1.82, 2.24) is 10.2 Å². The first-order chi connectivity index (χ1) is 19.8. The van der Waals surface area contributed by atoms with Crippen molar-refractivity contribution in [3.63, 3.8) is 0 Å². The molecule has 3 atom stereocenters. The van der Waals surface area contributed by atoms with Crippen LogP contribution in [0.2, 0.25) is 0 Å². The highest BCUT2D eigenvalue weighted by Crippen LogP contribution is 2.30. The lowest BCUT2D eigenvalue weighted by Crippen LogP contribution is -2.55. The lowest BCUT2D eigenvalue weighted by atomic mass is 9.97. The largest absolute Gasteiger partial charge is 0.508 e. The lowest BCUT2D eigenvalue weighted by molar-refractivity contribution is -0.143. The lowest BCUT2D eigenvalue weighted by Gasteiger charge is -2.38. The number of hydrogen-bond acceptors (Lipinski definition) is 6. The number of anilines is 1. The van der Waals surface area contributed by atoms with Gasteiger partial charge in [0, 0.05) is 18.2 Å². The molecule has 0 aromatic heterocycles. The van der Waals surface area contributed by atoms with Gasteiger partial charge in [-0.15, -0.1) is 0 Å². The number of alkyl carbamates (subject to hydrolysis) is 1. The van der Waals surface area contributed by atoms with Crippen molar-refractivity contribution < 1.29 is 29.3 Å². The summed E-state index contributed by atoms with van der Waals surface area (Å²) in [5.74, 6) is -0.830. The van der Waals surface area contributed by atoms with E-state index in [9.17, 15) is 24.6 Å². The van der Waals surface area contributed by atoms with E-state index in [0.717, 1.165) is 5.56 Å². The maximum absolute atomic E-state index is 14.5. The molecule has 0 heterocycles. The maximum Gasteiger partial charge on any atom is 0.408 e. The topological polar surface area (TPSA) is 128 Å². The van der Waals surface area contributed by atoms with E-state index < -0.39 is 41.6 Å². The summed E-state index contributed by atoms with van der Waals surface area (Å²) in [7, 11) is 0. The first kappa shape index (κ1) is 32.0. The van der Waals surface area contributed by atoms with Gasteiger partial charge in [0.15, 0.2) is 0 Å². The summed E-state index contributed by atoms with van der Waals surface area (Å²) in [5.41, 5.74) is 1.85. The zero-order chi connectivity index (χ0) is 31.0. The van der Waals surface area contributed by atoms with Crippen LogP contribution in [0.1, 0.15) is 63.8 Å². The molecule has 0 aliphatic carbocycles. The highest BCUT2D eigenvalue weighted by atomic mass is 16.6. The molecule has 3 rings (SSSR count). The van der Waals surface area contributed by atoms with Crippen LogP contribution < -0.4 is 10.6 Å². The van der Waals surface area contributed by atoms with Gasteiger partial charge in [-0.3, -0.25) is 9.59 Å². The van der Waals surface area contributed by atoms with Crippen LogP contribution in [0, 0.1) is 6.92 Å². The summed E-state index contributed by atoms with van der Waals surface area (Å²) in [5, 5.41) is 25.4. The zero-order valence-electron chi connectivity index (χ0n) is 25.0. The first-order valence-corrected chi connectivity index (χ1v) is 14.0. The molecule has 0 aliphatic heterocycles. The Balaban J connectivity index is 2.09. The van der Waals surface area contributed by atoms with E-state index in [-0.39, 0.29) is 17.9 Å². The van der Waals surface area contributed by atoms with Crippen molar-refractivity contribution in [2.75, 3.05) is 5.32 Å². The molecular weight excluding hydrogens is 534 g/mol. The Morgan fingerprint density at radius 2 is 1.48 bits per heavy atom. The summed E-state index contributed by atoms with van der Waals surface area (Å²) in [6, 6.07) is 17.2. The van der Waals surface area contributed by atoms with Crippen LogP contribution >= 0.6 is 0 Å². The van der Waals surface area contributed by atoms with Crippen LogP contribution in [0.4, 0.5) is 10.5 Å². The van der Waals surface area contributed by atoms with Gasteiger partial charge in [0.25, 0.3) is 5.91 Å². The fourth-order valence-corrected chi connectivity index (χ4v) is 4.50. The number of hydrogen-bond donors (Lipinski definition) is 4. The minimum absolute atomic E-state index is 0.0232. The molecule has 0 aliphatic rings. The number of para-hydroxylation sites is 1. The summed E-state index contributed by atoms with van der Waals surface area (Å²) >= 11 is 0. The fraction of sp³-hybridized carbons (Fsp3) is 0.364. The number of amides is 3. The van der Waals surface area contributed by atoms with E-state index in [0.29, 0.717) is 23.2 Å². The maximum atomic E-state index is 14.5. The van der Waals surface area contributed by atoms with Gasteiger partial charge in [0.2, 0.25) is 5.91 Å². The van der Waals surface area contributed by atoms with Gasteiger partial charge in [-0.2, -0.15) is 0 Å². The Labute approximate surface area is 247 Å². The highest BCUT2D eigenvalue weighted by Gasteiger charge is 2.38. The van der Waals surface area contributed by atoms with E-state index in [1.165, 1.54) is 29.2 Å². The predicted octanol–water partition coefficient (Wildman–Crippen LogP) is 5.85. The standard InChI is InChI=1S/C33H41N3O6/c1-7-22(3)36(29(24-14-18-26(38)19-15-24)30(39)34-27-11-9-8-10-21(27)2)31(40)28(35-32(41)42-33(4,5)6)20-23-12-16-25(37)17-13-23/h8-19,22,28-29,37-38H,7,20H2,1-6H3,(H,34,39)(H,35,41). The average molecular weight is 576 g/mol. The minimum atomic E-state index is -1.09. The number of rotatable bonds is 10. The number of aryl methyl sites for hydroxylation is 1. The molecule has 0 fully saturated rings. The Kier molecular flexibility index (Phi) is 10.6. The van der Waals surface area contributed by atoms with Gasteiger partial charge in [0.05, 0.1) is 0 Å². The van der Waals surface area contributed by atoms with Crippen LogP contribution in [0.3, 0.4) is 0 Å². The van der Waals surface area contributed by atoms with Gasteiger partial charge >= 0.3 is 6.09 Å². The summed E-state index contributed by atoms with van der Waals surface area (Å²) < 4.78 is 5.47. The Bertz CT molecular complexity index is 1370. The van der Waals surface area contributed by atoms with Gasteiger partial charge in [-0.25, -0.2) is 4.79 Å². The monoisotopic (exact) mass is 575 g/mol. The molecule has 0 bridgehead atoms. The first-order valence-electron chi connectivity index (χ1n) is 14.0. The van der Waals surface area contributed by atoms with Crippen molar-refractivity contribution in [1.29, 1.82) is 0 Å². The number of phenolic OH excluding ortho intramolecular Hbond substituents is 2. The SMILES string of the molecule is CCC(C)N(C(=O)C(Cc1ccc(O)cc1)NC(=O)OC(C)(C)C)C(C(=O)Nc1ccccc1C)c1ccc(O)cc1. The summed E-state index contributed by atoms with van der Waals surface area (Å²) in [4.78, 5) is 42.9. The second-order valence-corrected chi connectivity index (χ2v) is 11.4. The zero-order valence-corrected chi connectivity index (χ0v) is 25.0. The van der Waals surface area contributed by atoms with E-state index in [1.54, 1.807) is 51.1 Å². The summed E-state index contributed by atoms with van der Waals surface area (Å²) in [6.07, 6.45) is -0.155. The molecule has 9 nitrogen and oxygen atoms in total. The van der Waals surface area contributed by atoms with Crippen molar-refractivity contribution in [2.45, 2.75) is 78.1 Å². The molecule has 9 heteroatoms. The van der Waals surface area contributed by atoms with Gasteiger partial charge in [0.1, 0.15) is 29.2 Å². The third-order valence-corrected chi connectivity index (χ3v) is 6.82. The van der Waals surface area contributed by atoms with Crippen molar-refractivity contribution in [2.24, 2.45) is 0 Å². The second-order valence-electron chi connectivity index (χ2n) is 11.4. The van der Waals surface area contributed by atoms with Crippen LogP contribution in [0.15, 0.2) is 72.8 Å². The smallest absolute Gasteiger partial charge is 0.408 e. The Morgan fingerprint density at radius 3 is 2.02 bits per heavy atom. The third kappa shape index (κ3) is 8.73. The second kappa shape index (κ2) is 13.9. The molecule has 3 unspecified atom stereocenters. The number of ether oxygens (including phenoxy) is 1. The number of nitrogens with one attached hydrogen (secondary N) is 2. The molecule has 0 saturated heterocycles. The van der Waals surface area contributed by atoms with Crippen LogP contribution in [-0.4, -0.2) is 50.7 Å². The predicted molar refractivity (Wildman–Crippen MR) is 162 cm³/mol. The van der Waals surface area contributed by atoms with E-state index >= 15 is 0 Å². The number of benzene rings is 3. The molecule has 3 amide bonds. The Hall–Kier alpha value is -4.53. The number of phenols is 2. The van der Waals surface area contributed by atoms with Crippen LogP contribution in [0.25, 0.3) is 0 Å². The Morgan fingerprint density at radius 1 is 0.905 bits per heavy atom. The fourth-order valence-electron chi connectivity index (χ4n) is 4.50. The molecule has 0 radical (unpaired) electrons. The normalized spacial score (nSPS) is 13.4. The summed E-state index contributed by atoms with van der Waals surface area (Å²) in [6.45, 7) is 10.8. The van der Waals surface area contributed by atoms with Crippen molar-refractivity contribution in [3.8, 4) is 11.5 Å². The molecule has 42 heavy (non-hydrogen) atoms. The molecule has 3 aromatic rings. The quantitative estimate of drug-likeness (QED) is 0.240. The van der Waals surface area contributed by atoms with Gasteiger partial charge < -0.3 is 30.5 Å². The van der Waals surface area contributed by atoms with Gasteiger partial charge in [-0.05, 0) is 88.1 Å². The number of aromatic hydroxyl groups is 2. The van der Waals surface area contributed by atoms with E-state index in [4.69, 9.17) is 4.74 Å². The molecular formula is C33H41N3O6. The molecule has 4 N–H and O–H groups in total. The minimum Gasteiger partial charge on any atom is -0.508 e. The van der Waals surface area contributed by atoms with E-state index in [1.807, 2.05) is 39.0 Å². The average Bonchev–Trinajstić information content (AvgIpc) is 2.92. The molecule has 0 spiro atoms. The van der Waals surface area contributed by atoms with Crippen LogP contribution in [0.5, 0.6) is 11.5 Å². The van der Waals surface area contributed by atoms with Crippen LogP contribution in [-0.2, 0) is 20.7 Å². The third-order valence-electron chi connectivity index (χ3n) is 6.82. The molecule has 224 valence electrons. The highest BCUT2D eigenvalue weighted by molar-refractivity contribution is 5.99. The number of nitrogens with zero attached hydrogens (tertiary/aromatic N) is 1. The number of carbonyl (C=O) groups is 3. The van der Waals surface area contributed by atoms with E-state index in [2.05, 4.69) is 10.6 Å². The number of carbonyl (C=O) groups excluding carboxylic acids is 3. The molecule has 3 aromatic carbocycles. The van der Waals surface area contributed by atoms with Crippen molar-refractivity contribution in [3.05, 3.63) is 89.5 Å². The van der Waals surface area contributed by atoms with Gasteiger partial charge in [-0.1, -0.05) is 49.4 Å².